The summed E-state index contributed by atoms with van der Waals surface area (Å²) in [6, 6.07) is 12.0. The second kappa shape index (κ2) is 6.12. The van der Waals surface area contributed by atoms with Gasteiger partial charge in [0, 0.05) is 38.1 Å². The van der Waals surface area contributed by atoms with E-state index in [1.165, 1.54) is 50.8 Å². The van der Waals surface area contributed by atoms with E-state index in [1.807, 2.05) is 0 Å². The van der Waals surface area contributed by atoms with Gasteiger partial charge in [0.1, 0.15) is 0 Å². The second-order valence-electron chi connectivity index (χ2n) is 9.07. The second-order valence-corrected chi connectivity index (χ2v) is 9.07. The molecule has 1 aromatic rings. The molecule has 3 heteroatoms. The molecule has 0 aromatic heterocycles. The molecule has 2 aliphatic carbocycles. The maximum Gasteiger partial charge on any atom is 0.225 e. The van der Waals surface area contributed by atoms with Crippen LogP contribution in [0.1, 0.15) is 56.4 Å². The van der Waals surface area contributed by atoms with E-state index in [2.05, 4.69) is 40.1 Å². The van der Waals surface area contributed by atoms with Crippen LogP contribution in [0.2, 0.25) is 0 Å². The average molecular weight is 338 g/mol. The first-order chi connectivity index (χ1) is 12.2. The van der Waals surface area contributed by atoms with Crippen molar-refractivity contribution in [2.45, 2.75) is 56.9 Å². The fourth-order valence-corrected chi connectivity index (χ4v) is 5.25. The van der Waals surface area contributed by atoms with Crippen LogP contribution in [0, 0.1) is 11.3 Å². The standard InChI is InChI=1S/C22H30N2O/c25-21(18-6-7-18)23-12-10-22(11-13-23)14-19(17-4-2-1-3-5-17)15-24(16-22)20-8-9-20/h1-5,18-20H,6-16H2/t19-/m1/s1. The van der Waals surface area contributed by atoms with E-state index >= 15 is 0 Å². The molecular formula is C22H30N2O. The molecule has 2 heterocycles. The molecule has 4 aliphatic rings. The third-order valence-electron chi connectivity index (χ3n) is 7.07. The van der Waals surface area contributed by atoms with Crippen molar-refractivity contribution < 1.29 is 4.79 Å². The fourth-order valence-electron chi connectivity index (χ4n) is 5.25. The van der Waals surface area contributed by atoms with Crippen LogP contribution in [-0.2, 0) is 4.79 Å². The zero-order chi connectivity index (χ0) is 16.9. The van der Waals surface area contributed by atoms with E-state index in [1.54, 1.807) is 0 Å². The van der Waals surface area contributed by atoms with Crippen molar-refractivity contribution in [1.82, 2.24) is 9.80 Å². The summed E-state index contributed by atoms with van der Waals surface area (Å²) in [7, 11) is 0. The molecule has 134 valence electrons. The SMILES string of the molecule is O=C(C1CC1)N1CCC2(CC1)C[C@@H](c1ccccc1)CN(C1CC1)C2. The molecule has 3 nitrogen and oxygen atoms in total. The van der Waals surface area contributed by atoms with Crippen LogP contribution in [0.4, 0.5) is 0 Å². The number of piperidine rings is 2. The number of amides is 1. The Kier molecular flexibility index (Phi) is 3.89. The van der Waals surface area contributed by atoms with Gasteiger partial charge in [-0.3, -0.25) is 9.69 Å². The molecule has 1 aromatic carbocycles. The molecule has 2 saturated heterocycles. The number of carbonyl (C=O) groups is 1. The highest BCUT2D eigenvalue weighted by atomic mass is 16.2. The Morgan fingerprint density at radius 1 is 1.00 bits per heavy atom. The van der Waals surface area contributed by atoms with Gasteiger partial charge in [-0.25, -0.2) is 0 Å². The third kappa shape index (κ3) is 3.23. The summed E-state index contributed by atoms with van der Waals surface area (Å²) in [5.41, 5.74) is 1.95. The number of hydrogen-bond acceptors (Lipinski definition) is 2. The highest BCUT2D eigenvalue weighted by molar-refractivity contribution is 5.81. The summed E-state index contributed by atoms with van der Waals surface area (Å²) in [4.78, 5) is 17.4. The van der Waals surface area contributed by atoms with Gasteiger partial charge in [0.15, 0.2) is 0 Å². The van der Waals surface area contributed by atoms with Crippen LogP contribution in [0.5, 0.6) is 0 Å². The van der Waals surface area contributed by atoms with Gasteiger partial charge in [0.2, 0.25) is 5.91 Å². The molecular weight excluding hydrogens is 308 g/mol. The lowest BCUT2D eigenvalue weighted by Crippen LogP contribution is -2.53. The first-order valence-electron chi connectivity index (χ1n) is 10.3. The average Bonchev–Trinajstić information content (AvgIpc) is 3.55. The van der Waals surface area contributed by atoms with Crippen LogP contribution in [0.25, 0.3) is 0 Å². The molecule has 5 rings (SSSR count). The molecule has 25 heavy (non-hydrogen) atoms. The highest BCUT2D eigenvalue weighted by Gasteiger charge is 2.46. The molecule has 0 N–H and O–H groups in total. The summed E-state index contributed by atoms with van der Waals surface area (Å²) in [5.74, 6) is 1.49. The maximum absolute atomic E-state index is 12.4. The number of benzene rings is 1. The summed E-state index contributed by atoms with van der Waals surface area (Å²) in [6.07, 6.45) is 8.77. The smallest absolute Gasteiger partial charge is 0.225 e. The predicted molar refractivity (Wildman–Crippen MR) is 99.4 cm³/mol. The highest BCUT2D eigenvalue weighted by Crippen LogP contribution is 2.48. The van der Waals surface area contributed by atoms with E-state index in [9.17, 15) is 4.79 Å². The Labute approximate surface area is 151 Å². The summed E-state index contributed by atoms with van der Waals surface area (Å²) < 4.78 is 0. The minimum Gasteiger partial charge on any atom is -0.342 e. The van der Waals surface area contributed by atoms with Gasteiger partial charge in [-0.05, 0) is 61.8 Å². The number of carbonyl (C=O) groups excluding carboxylic acids is 1. The molecule has 2 saturated carbocycles. The Morgan fingerprint density at radius 2 is 1.72 bits per heavy atom. The largest absolute Gasteiger partial charge is 0.342 e. The molecule has 4 fully saturated rings. The van der Waals surface area contributed by atoms with Gasteiger partial charge in [0.05, 0.1) is 0 Å². The van der Waals surface area contributed by atoms with Crippen molar-refractivity contribution in [3.63, 3.8) is 0 Å². The van der Waals surface area contributed by atoms with E-state index in [4.69, 9.17) is 0 Å². The topological polar surface area (TPSA) is 23.6 Å². The van der Waals surface area contributed by atoms with Crippen LogP contribution < -0.4 is 0 Å². The molecule has 0 bridgehead atoms. The van der Waals surface area contributed by atoms with E-state index < -0.39 is 0 Å². The van der Waals surface area contributed by atoms with E-state index in [0.29, 0.717) is 23.2 Å². The van der Waals surface area contributed by atoms with E-state index in [0.717, 1.165) is 32.0 Å². The number of likely N-dealkylation sites (tertiary alicyclic amines) is 2. The summed E-state index contributed by atoms with van der Waals surface area (Å²) in [5, 5.41) is 0. The molecule has 0 radical (unpaired) electrons. The lowest BCUT2D eigenvalue weighted by atomic mass is 9.68. The van der Waals surface area contributed by atoms with Crippen molar-refractivity contribution in [2.75, 3.05) is 26.2 Å². The van der Waals surface area contributed by atoms with Gasteiger partial charge < -0.3 is 4.90 Å². The van der Waals surface area contributed by atoms with Crippen LogP contribution in [0.3, 0.4) is 0 Å². The molecule has 2 aliphatic heterocycles. The monoisotopic (exact) mass is 338 g/mol. The Morgan fingerprint density at radius 3 is 2.36 bits per heavy atom. The van der Waals surface area contributed by atoms with Gasteiger partial charge >= 0.3 is 0 Å². The van der Waals surface area contributed by atoms with Gasteiger partial charge in [-0.15, -0.1) is 0 Å². The van der Waals surface area contributed by atoms with Gasteiger partial charge in [0.25, 0.3) is 0 Å². The van der Waals surface area contributed by atoms with Gasteiger partial charge in [-0.1, -0.05) is 30.3 Å². The van der Waals surface area contributed by atoms with Crippen molar-refractivity contribution in [3.05, 3.63) is 35.9 Å². The Hall–Kier alpha value is -1.35. The predicted octanol–water partition coefficient (Wildman–Crippen LogP) is 3.66. The lowest BCUT2D eigenvalue weighted by molar-refractivity contribution is -0.135. The zero-order valence-electron chi connectivity index (χ0n) is 15.2. The Bertz CT molecular complexity index is 627. The van der Waals surface area contributed by atoms with Crippen molar-refractivity contribution >= 4 is 5.91 Å². The molecule has 0 unspecified atom stereocenters. The summed E-state index contributed by atoms with van der Waals surface area (Å²) in [6.45, 7) is 4.50. The molecule has 1 amide bonds. The quantitative estimate of drug-likeness (QED) is 0.840. The minimum atomic E-state index is 0.375. The minimum absolute atomic E-state index is 0.375. The third-order valence-corrected chi connectivity index (χ3v) is 7.07. The summed E-state index contributed by atoms with van der Waals surface area (Å²) >= 11 is 0. The normalized spacial score (nSPS) is 29.8. The number of nitrogens with zero attached hydrogens (tertiary/aromatic N) is 2. The van der Waals surface area contributed by atoms with Crippen LogP contribution in [-0.4, -0.2) is 47.9 Å². The first kappa shape index (κ1) is 15.9. The number of hydrogen-bond donors (Lipinski definition) is 0. The zero-order valence-corrected chi connectivity index (χ0v) is 15.2. The van der Waals surface area contributed by atoms with Crippen molar-refractivity contribution in [1.29, 1.82) is 0 Å². The number of rotatable bonds is 3. The lowest BCUT2D eigenvalue weighted by Gasteiger charge is -2.50. The molecule has 1 spiro atoms. The van der Waals surface area contributed by atoms with Gasteiger partial charge in [-0.2, -0.15) is 0 Å². The maximum atomic E-state index is 12.4. The van der Waals surface area contributed by atoms with Crippen LogP contribution >= 0.6 is 0 Å². The fraction of sp³-hybridized carbons (Fsp3) is 0.682. The van der Waals surface area contributed by atoms with Crippen LogP contribution in [0.15, 0.2) is 30.3 Å². The van der Waals surface area contributed by atoms with Crippen molar-refractivity contribution in [3.8, 4) is 0 Å². The van der Waals surface area contributed by atoms with Crippen molar-refractivity contribution in [2.24, 2.45) is 11.3 Å². The van der Waals surface area contributed by atoms with E-state index in [-0.39, 0.29) is 0 Å². The molecule has 1 atom stereocenters. The Balaban J connectivity index is 1.32. The first-order valence-corrected chi connectivity index (χ1v) is 10.3.